The van der Waals surface area contributed by atoms with E-state index < -0.39 is 28.7 Å². The lowest BCUT2D eigenvalue weighted by Gasteiger charge is -2.22. The van der Waals surface area contributed by atoms with Gasteiger partial charge in [-0.2, -0.15) is 0 Å². The summed E-state index contributed by atoms with van der Waals surface area (Å²) in [4.78, 5) is 45.8. The number of nitro groups is 1. The number of esters is 2. The van der Waals surface area contributed by atoms with Crippen LogP contribution in [0.15, 0.2) is 24.3 Å². The van der Waals surface area contributed by atoms with E-state index in [0.717, 1.165) is 14.2 Å². The second-order valence-electron chi connectivity index (χ2n) is 4.89. The van der Waals surface area contributed by atoms with E-state index in [1.54, 1.807) is 0 Å². The third-order valence-electron chi connectivity index (χ3n) is 3.33. The third-order valence-corrected chi connectivity index (χ3v) is 3.33. The fraction of sp³-hybridized carbons (Fsp3) is 0.400. The second kappa shape index (κ2) is 8.02. The quantitative estimate of drug-likeness (QED) is 0.324. The molecule has 8 nitrogen and oxygen atoms in total. The molecule has 0 bridgehead atoms. The zero-order valence-electron chi connectivity index (χ0n) is 13.0. The van der Waals surface area contributed by atoms with Crippen molar-refractivity contribution in [2.45, 2.75) is 19.3 Å². The zero-order chi connectivity index (χ0) is 17.6. The van der Waals surface area contributed by atoms with Gasteiger partial charge in [-0.05, 0) is 12.5 Å². The van der Waals surface area contributed by atoms with Gasteiger partial charge in [0.25, 0.3) is 5.69 Å². The Morgan fingerprint density at radius 3 is 2.17 bits per heavy atom. The Morgan fingerprint density at radius 2 is 1.74 bits per heavy atom. The molecule has 1 atom stereocenters. The van der Waals surface area contributed by atoms with E-state index in [4.69, 9.17) is 0 Å². The molecule has 0 radical (unpaired) electrons. The number of carbonyl (C=O) groups excluding carboxylic acids is 3. The number of ketones is 1. The molecular formula is C15H17NO7. The summed E-state index contributed by atoms with van der Waals surface area (Å²) in [5.41, 5.74) is 0.111. The Morgan fingerprint density at radius 1 is 1.17 bits per heavy atom. The average Bonchev–Trinajstić information content (AvgIpc) is 2.53. The molecule has 0 amide bonds. The van der Waals surface area contributed by atoms with Crippen LogP contribution in [0.1, 0.15) is 24.8 Å². The molecule has 0 saturated heterocycles. The predicted molar refractivity (Wildman–Crippen MR) is 78.7 cm³/mol. The van der Waals surface area contributed by atoms with Crippen LogP contribution in [0.2, 0.25) is 0 Å². The Labute approximate surface area is 132 Å². The van der Waals surface area contributed by atoms with Crippen molar-refractivity contribution in [3.63, 3.8) is 0 Å². The first kappa shape index (κ1) is 18.3. The lowest BCUT2D eigenvalue weighted by Crippen LogP contribution is -2.33. The van der Waals surface area contributed by atoms with E-state index in [9.17, 15) is 24.5 Å². The Hall–Kier alpha value is -2.77. The van der Waals surface area contributed by atoms with E-state index >= 15 is 0 Å². The Balaban J connectivity index is 3.38. The van der Waals surface area contributed by atoms with Gasteiger partial charge in [-0.1, -0.05) is 12.1 Å². The molecule has 0 fully saturated rings. The highest BCUT2D eigenvalue weighted by Crippen LogP contribution is 2.32. The molecule has 0 N–H and O–H groups in total. The molecule has 23 heavy (non-hydrogen) atoms. The zero-order valence-corrected chi connectivity index (χ0v) is 13.0. The molecule has 124 valence electrons. The van der Waals surface area contributed by atoms with Crippen LogP contribution in [-0.2, 0) is 23.9 Å². The van der Waals surface area contributed by atoms with Crippen molar-refractivity contribution >= 4 is 23.4 Å². The number of methoxy groups -OCH3 is 2. The van der Waals surface area contributed by atoms with E-state index in [0.29, 0.717) is 5.56 Å². The number of rotatable bonds is 7. The summed E-state index contributed by atoms with van der Waals surface area (Å²) in [6.07, 6.45) is -0.157. The fourth-order valence-corrected chi connectivity index (χ4v) is 2.29. The smallest absolute Gasteiger partial charge is 0.320 e. The topological polar surface area (TPSA) is 113 Å². The Kier molecular flexibility index (Phi) is 6.37. The molecule has 0 aliphatic carbocycles. The summed E-state index contributed by atoms with van der Waals surface area (Å²) in [6.45, 7) is 1.30. The molecule has 0 aliphatic rings. The number of hydrogen-bond donors (Lipinski definition) is 0. The maximum atomic E-state index is 12.0. The van der Waals surface area contributed by atoms with Gasteiger partial charge in [0.15, 0.2) is 5.92 Å². The van der Waals surface area contributed by atoms with Gasteiger partial charge in [0.05, 0.1) is 19.1 Å². The van der Waals surface area contributed by atoms with Crippen LogP contribution in [0, 0.1) is 16.0 Å². The number of ether oxygens (including phenoxy) is 2. The minimum absolute atomic E-state index is 0.157. The van der Waals surface area contributed by atoms with Crippen LogP contribution >= 0.6 is 0 Å². The van der Waals surface area contributed by atoms with Crippen LogP contribution in [-0.4, -0.2) is 36.9 Å². The molecule has 0 spiro atoms. The van der Waals surface area contributed by atoms with Gasteiger partial charge < -0.3 is 14.3 Å². The van der Waals surface area contributed by atoms with Crippen molar-refractivity contribution < 1.29 is 28.8 Å². The molecule has 1 aromatic rings. The van der Waals surface area contributed by atoms with Crippen LogP contribution in [0.5, 0.6) is 0 Å². The Bertz CT molecular complexity index is 610. The number of carbonyl (C=O) groups is 3. The molecule has 0 heterocycles. The normalized spacial score (nSPS) is 11.7. The highest BCUT2D eigenvalue weighted by atomic mass is 16.6. The first-order valence-corrected chi connectivity index (χ1v) is 6.71. The van der Waals surface area contributed by atoms with Crippen LogP contribution < -0.4 is 0 Å². The van der Waals surface area contributed by atoms with Crippen molar-refractivity contribution in [3.05, 3.63) is 39.9 Å². The number of nitrogens with zero attached hydrogens (tertiary/aromatic N) is 1. The highest BCUT2D eigenvalue weighted by molar-refractivity contribution is 5.96. The summed E-state index contributed by atoms with van der Waals surface area (Å²) >= 11 is 0. The van der Waals surface area contributed by atoms with Crippen LogP contribution in [0.25, 0.3) is 0 Å². The van der Waals surface area contributed by atoms with Gasteiger partial charge in [-0.15, -0.1) is 0 Å². The molecule has 0 saturated carbocycles. The summed E-state index contributed by atoms with van der Waals surface area (Å²) in [5, 5.41) is 10.9. The van der Waals surface area contributed by atoms with Crippen LogP contribution in [0.3, 0.4) is 0 Å². The highest BCUT2D eigenvalue weighted by Gasteiger charge is 2.38. The van der Waals surface area contributed by atoms with Gasteiger partial charge in [0.1, 0.15) is 5.78 Å². The maximum absolute atomic E-state index is 12.0. The minimum Gasteiger partial charge on any atom is -0.468 e. The third kappa shape index (κ3) is 4.60. The molecule has 1 rings (SSSR count). The summed E-state index contributed by atoms with van der Waals surface area (Å²) < 4.78 is 9.22. The number of hydrogen-bond acceptors (Lipinski definition) is 7. The standard InChI is InChI=1S/C15H17NO7/c1-9(17)7-12(13(14(18)22-2)15(19)23-3)10-5-4-6-11(8-10)16(20)21/h4-6,8,12-13H,7H2,1-3H3/t12-/m0/s1. The van der Waals surface area contributed by atoms with Crippen LogP contribution in [0.4, 0.5) is 5.69 Å². The van der Waals surface area contributed by atoms with Crippen molar-refractivity contribution in [2.24, 2.45) is 5.92 Å². The van der Waals surface area contributed by atoms with Gasteiger partial charge in [0.2, 0.25) is 0 Å². The van der Waals surface area contributed by atoms with E-state index in [2.05, 4.69) is 9.47 Å². The number of Topliss-reactive ketones (excluding diaryl/α,β-unsaturated/α-hetero) is 1. The van der Waals surface area contributed by atoms with Crippen molar-refractivity contribution in [3.8, 4) is 0 Å². The second-order valence-corrected chi connectivity index (χ2v) is 4.89. The minimum atomic E-state index is -1.38. The van der Waals surface area contributed by atoms with Crippen molar-refractivity contribution in [1.29, 1.82) is 0 Å². The summed E-state index contributed by atoms with van der Waals surface area (Å²) in [6, 6.07) is 5.44. The lowest BCUT2D eigenvalue weighted by atomic mass is 9.82. The lowest BCUT2D eigenvalue weighted by molar-refractivity contribution is -0.384. The number of non-ortho nitro benzene ring substituents is 1. The van der Waals surface area contributed by atoms with E-state index in [1.165, 1.54) is 31.2 Å². The van der Waals surface area contributed by atoms with Gasteiger partial charge in [-0.25, -0.2) is 0 Å². The first-order valence-electron chi connectivity index (χ1n) is 6.71. The predicted octanol–water partition coefficient (Wildman–Crippen LogP) is 1.62. The molecule has 8 heteroatoms. The van der Waals surface area contributed by atoms with Gasteiger partial charge in [-0.3, -0.25) is 19.7 Å². The van der Waals surface area contributed by atoms with Crippen molar-refractivity contribution in [2.75, 3.05) is 14.2 Å². The molecule has 0 aromatic heterocycles. The largest absolute Gasteiger partial charge is 0.468 e. The summed E-state index contributed by atoms with van der Waals surface area (Å²) in [5.74, 6) is -4.30. The van der Waals surface area contributed by atoms with Crippen molar-refractivity contribution in [1.82, 2.24) is 0 Å². The molecule has 0 aliphatic heterocycles. The SMILES string of the molecule is COC(=O)C(C(=O)OC)[C@@H](CC(C)=O)c1cccc([N+](=O)[O-])c1. The first-order chi connectivity index (χ1) is 10.8. The average molecular weight is 323 g/mol. The van der Waals surface area contributed by atoms with Gasteiger partial charge in [0, 0.05) is 24.5 Å². The fourth-order valence-electron chi connectivity index (χ4n) is 2.29. The number of benzene rings is 1. The van der Waals surface area contributed by atoms with Gasteiger partial charge >= 0.3 is 11.9 Å². The van der Waals surface area contributed by atoms with E-state index in [1.807, 2.05) is 0 Å². The summed E-state index contributed by atoms with van der Waals surface area (Å²) in [7, 11) is 2.22. The number of nitro benzene ring substituents is 1. The monoisotopic (exact) mass is 323 g/mol. The van der Waals surface area contributed by atoms with E-state index in [-0.39, 0.29) is 17.9 Å². The molecule has 0 unspecified atom stereocenters. The maximum Gasteiger partial charge on any atom is 0.320 e. The molecular weight excluding hydrogens is 306 g/mol. The molecule has 1 aromatic carbocycles.